The van der Waals surface area contributed by atoms with E-state index in [4.69, 9.17) is 56.6 Å². The van der Waals surface area contributed by atoms with E-state index in [2.05, 4.69) is 22.0 Å². The highest BCUT2D eigenvalue weighted by Gasteiger charge is 2.50. The van der Waals surface area contributed by atoms with Gasteiger partial charge in [0.2, 0.25) is 11.8 Å². The number of carbonyl (C=O) groups is 2. The number of anilines is 1. The lowest BCUT2D eigenvalue weighted by Gasteiger charge is -2.33. The number of hydrogen-bond acceptors (Lipinski definition) is 12. The molecule has 21 heteroatoms. The Morgan fingerprint density at radius 3 is 1.90 bits per heavy atom. The second kappa shape index (κ2) is 34.4. The van der Waals surface area contributed by atoms with Crippen LogP contribution in [0.25, 0.3) is 10.9 Å². The van der Waals surface area contributed by atoms with E-state index >= 15 is 0 Å². The van der Waals surface area contributed by atoms with Gasteiger partial charge in [0.25, 0.3) is 0 Å². The summed E-state index contributed by atoms with van der Waals surface area (Å²) in [7, 11) is -5.44. The van der Waals surface area contributed by atoms with Crippen LogP contribution in [-0.4, -0.2) is 137 Å². The van der Waals surface area contributed by atoms with Crippen LogP contribution in [0, 0.1) is 5.41 Å². The molecule has 0 bridgehead atoms. The van der Waals surface area contributed by atoms with Crippen LogP contribution < -0.4 is 20.7 Å². The summed E-state index contributed by atoms with van der Waals surface area (Å²) < 4.78 is 101. The van der Waals surface area contributed by atoms with Gasteiger partial charge in [-0.1, -0.05) is 79.9 Å². The van der Waals surface area contributed by atoms with Gasteiger partial charge in [-0.2, -0.15) is 17.5 Å². The number of rotatable bonds is 38. The van der Waals surface area contributed by atoms with Gasteiger partial charge in [0.1, 0.15) is 16.9 Å². The number of unbranched alkanes of at least 4 members (excludes halogenated alkanes) is 3. The van der Waals surface area contributed by atoms with Crippen LogP contribution in [0.5, 0.6) is 5.75 Å². The topological polar surface area (TPSA) is 176 Å². The van der Waals surface area contributed by atoms with Crippen molar-refractivity contribution < 1.29 is 59.6 Å². The van der Waals surface area contributed by atoms with Crippen LogP contribution in [-0.2, 0) is 43.3 Å². The molecule has 0 saturated carbocycles. The van der Waals surface area contributed by atoms with Crippen LogP contribution in [0.4, 0.5) is 18.9 Å². The van der Waals surface area contributed by atoms with Gasteiger partial charge in [-0.15, -0.1) is 0 Å². The van der Waals surface area contributed by atoms with Gasteiger partial charge in [-0.3, -0.25) is 14.6 Å². The van der Waals surface area contributed by atoms with Gasteiger partial charge in [0.05, 0.1) is 37.6 Å². The number of halogens is 5. The maximum Gasteiger partial charge on any atom is 0.511 e. The Morgan fingerprint density at radius 2 is 1.27 bits per heavy atom. The van der Waals surface area contributed by atoms with Crippen LogP contribution in [0.1, 0.15) is 162 Å². The average Bonchev–Trinajstić information content (AvgIpc) is 1.65. The number of benzene rings is 3. The Hall–Kier alpha value is -4.57. The van der Waals surface area contributed by atoms with E-state index in [0.29, 0.717) is 122 Å². The Balaban J connectivity index is 0.996. The van der Waals surface area contributed by atoms with E-state index in [1.807, 2.05) is 129 Å². The molecule has 1 saturated heterocycles. The highest BCUT2D eigenvalue weighted by atomic mass is 35.5. The molecule has 0 atom stereocenters. The molecule has 3 N–H and O–H groups in total. The molecule has 1 aromatic heterocycles. The van der Waals surface area contributed by atoms with E-state index in [-0.39, 0.29) is 61.7 Å². The third-order valence-electron chi connectivity index (χ3n) is 14.9. The Bertz CT molecular complexity index is 2800. The number of nitrogens with one attached hydrogen (secondary N) is 3. The number of fused-ring (bicyclic) bond motifs is 1. The SMILES string of the molecule is CC(C)(C)OCCC(C)(C)C(=O)NCCCOCCCCC/C=C\COCCOCCCNC(=O)CCC(C)(C)OCCC(C)(C)Oc1cc(C(c2ccc(Cl)cc2)c2ccc(Cl)cc2)cc2c(NC3CCN(S(=O)(=O)C(F)(F)F)CC3)ccnc12. The average molecular weight is 1270 g/mol. The summed E-state index contributed by atoms with van der Waals surface area (Å²) in [4.78, 5) is 30.2. The van der Waals surface area contributed by atoms with Crippen molar-refractivity contribution in [2.75, 3.05) is 84.4 Å². The normalized spacial score (nSPS) is 14.4. The number of amides is 2. The van der Waals surface area contributed by atoms with Crippen molar-refractivity contribution >= 4 is 61.6 Å². The first-order valence-corrected chi connectivity index (χ1v) is 32.4. The summed E-state index contributed by atoms with van der Waals surface area (Å²) in [5.41, 5.74) is -3.49. The van der Waals surface area contributed by atoms with Gasteiger partial charge in [0.15, 0.2) is 0 Å². The summed E-state index contributed by atoms with van der Waals surface area (Å²) in [5, 5.41) is 11.4. The molecular formula is C65H94Cl2F3N5O10S. The largest absolute Gasteiger partial charge is 0.511 e. The molecule has 0 aliphatic carbocycles. The number of aromatic nitrogens is 1. The predicted octanol–water partition coefficient (Wildman–Crippen LogP) is 14.0. The smallest absolute Gasteiger partial charge is 0.485 e. The van der Waals surface area contributed by atoms with Crippen molar-refractivity contribution in [3.8, 4) is 5.75 Å². The molecule has 1 fully saturated rings. The molecule has 86 heavy (non-hydrogen) atoms. The quantitative estimate of drug-likeness (QED) is 0.0220. The first-order chi connectivity index (χ1) is 40.6. The van der Waals surface area contributed by atoms with Crippen LogP contribution >= 0.6 is 23.2 Å². The van der Waals surface area contributed by atoms with Gasteiger partial charge < -0.3 is 44.4 Å². The zero-order valence-corrected chi connectivity index (χ0v) is 54.3. The summed E-state index contributed by atoms with van der Waals surface area (Å²) in [6.07, 6.45) is 13.7. The molecule has 0 unspecified atom stereocenters. The number of hydrogen-bond donors (Lipinski definition) is 3. The lowest BCUT2D eigenvalue weighted by atomic mass is 9.84. The number of nitrogens with zero attached hydrogens (tertiary/aromatic N) is 2. The molecule has 480 valence electrons. The number of ether oxygens (including phenoxy) is 6. The fourth-order valence-corrected chi connectivity index (χ4v) is 10.9. The van der Waals surface area contributed by atoms with E-state index in [9.17, 15) is 31.2 Å². The Kier molecular flexibility index (Phi) is 28.9. The Morgan fingerprint density at radius 1 is 0.674 bits per heavy atom. The fourth-order valence-electron chi connectivity index (χ4n) is 9.65. The molecule has 15 nitrogen and oxygen atoms in total. The zero-order valence-electron chi connectivity index (χ0n) is 52.0. The van der Waals surface area contributed by atoms with Crippen LogP contribution in [0.3, 0.4) is 0 Å². The third-order valence-corrected chi connectivity index (χ3v) is 17.0. The van der Waals surface area contributed by atoms with Gasteiger partial charge in [0, 0.05) is 110 Å². The number of alkyl halides is 3. The second-order valence-electron chi connectivity index (χ2n) is 24.8. The first kappa shape index (κ1) is 72.2. The highest BCUT2D eigenvalue weighted by molar-refractivity contribution is 7.90. The van der Waals surface area contributed by atoms with Crippen molar-refractivity contribution in [2.24, 2.45) is 5.41 Å². The molecule has 0 spiro atoms. The summed E-state index contributed by atoms with van der Waals surface area (Å²) in [5.74, 6) is 0.155. The predicted molar refractivity (Wildman–Crippen MR) is 337 cm³/mol. The first-order valence-electron chi connectivity index (χ1n) is 30.2. The van der Waals surface area contributed by atoms with Gasteiger partial charge in [-0.05, 0) is 165 Å². The molecular weight excluding hydrogens is 1170 g/mol. The van der Waals surface area contributed by atoms with Crippen LogP contribution in [0.2, 0.25) is 10.0 Å². The maximum absolute atomic E-state index is 13.4. The van der Waals surface area contributed by atoms with E-state index in [1.165, 1.54) is 0 Å². The van der Waals surface area contributed by atoms with E-state index in [0.717, 1.165) is 55.4 Å². The monoisotopic (exact) mass is 1260 g/mol. The minimum Gasteiger partial charge on any atom is -0.485 e. The summed E-state index contributed by atoms with van der Waals surface area (Å²) in [6, 6.07) is 20.7. The van der Waals surface area contributed by atoms with E-state index < -0.39 is 32.1 Å². The minimum atomic E-state index is -5.44. The number of allylic oxidation sites excluding steroid dienone is 1. The lowest BCUT2D eigenvalue weighted by Crippen LogP contribution is -2.47. The molecule has 2 heterocycles. The second-order valence-corrected chi connectivity index (χ2v) is 27.6. The highest BCUT2D eigenvalue weighted by Crippen LogP contribution is 2.41. The van der Waals surface area contributed by atoms with Crippen molar-refractivity contribution in [2.45, 2.75) is 174 Å². The standard InChI is InChI=1S/C65H94Cl2F3N5O10S/c1-61(2,3)83-42-31-62(4,5)60(77)73-34-17-40-80-38-14-12-10-11-13-15-39-81-44-45-82-41-16-33-71-57(76)26-30-63(6,7)84-43-32-64(8,9)85-56-47-50(58(48-18-22-51(66)23-19-48)49-20-24-52(67)25-21-49)46-54-55(27-35-72-59(54)56)74-53-28-36-75(37-29-53)86(78,79)65(68,69)70/h13,15,18-25,27,35,46-47,53,58H,10-12,14,16-17,26,28-34,36-45H2,1-9H3,(H,71,76)(H,72,74)(H,73,77)/b15-13-. The molecule has 1 aliphatic heterocycles. The van der Waals surface area contributed by atoms with Crippen LogP contribution in [0.15, 0.2) is 85.1 Å². The number of pyridine rings is 1. The molecule has 3 aromatic carbocycles. The summed E-state index contributed by atoms with van der Waals surface area (Å²) in [6.45, 7) is 22.6. The molecule has 1 aliphatic rings. The van der Waals surface area contributed by atoms with Gasteiger partial charge in [-0.25, -0.2) is 8.42 Å². The fraction of sp³-hybridized carbons (Fsp3) is 0.615. The molecule has 5 rings (SSSR count). The summed E-state index contributed by atoms with van der Waals surface area (Å²) >= 11 is 12.7. The lowest BCUT2D eigenvalue weighted by molar-refractivity contribution is -0.131. The minimum absolute atomic E-state index is 0.0452. The molecule has 0 radical (unpaired) electrons. The van der Waals surface area contributed by atoms with Gasteiger partial charge >= 0.3 is 15.5 Å². The third kappa shape index (κ3) is 25.1. The number of piperidine rings is 1. The maximum atomic E-state index is 13.4. The van der Waals surface area contributed by atoms with Crippen molar-refractivity contribution in [3.05, 3.63) is 112 Å². The zero-order chi connectivity index (χ0) is 63.0. The number of carbonyl (C=O) groups excluding carboxylic acids is 2. The van der Waals surface area contributed by atoms with Crippen molar-refractivity contribution in [1.82, 2.24) is 19.9 Å². The van der Waals surface area contributed by atoms with E-state index in [1.54, 1.807) is 12.3 Å². The Labute approximate surface area is 519 Å². The molecule has 2 amide bonds. The van der Waals surface area contributed by atoms with Crippen molar-refractivity contribution in [1.29, 1.82) is 0 Å². The number of sulfonamides is 1. The van der Waals surface area contributed by atoms with Crippen molar-refractivity contribution in [3.63, 3.8) is 0 Å². The molecule has 4 aromatic rings.